The number of allylic oxidation sites excluding steroid dienone is 6. The number of nitrogens with zero attached hydrogens (tertiary/aromatic N) is 1. The summed E-state index contributed by atoms with van der Waals surface area (Å²) in [5.74, 6) is 0. The molecule has 0 bridgehead atoms. The second-order valence-corrected chi connectivity index (χ2v) is 7.63. The van der Waals surface area contributed by atoms with Gasteiger partial charge in [0.15, 0.2) is 0 Å². The topological polar surface area (TPSA) is 3.24 Å². The van der Waals surface area contributed by atoms with Crippen LogP contribution in [0.3, 0.4) is 0 Å². The van der Waals surface area contributed by atoms with Crippen molar-refractivity contribution in [2.45, 2.75) is 52.4 Å². The lowest BCUT2D eigenvalue weighted by atomic mass is 9.81. The smallest absolute Gasteiger partial charge is 0.0457 e. The Morgan fingerprint density at radius 1 is 0.962 bits per heavy atom. The van der Waals surface area contributed by atoms with E-state index in [9.17, 15) is 0 Å². The lowest BCUT2D eigenvalue weighted by Crippen LogP contribution is -2.27. The Kier molecular flexibility index (Phi) is 5.66. The van der Waals surface area contributed by atoms with Gasteiger partial charge in [0, 0.05) is 23.3 Å². The van der Waals surface area contributed by atoms with Crippen LogP contribution in [-0.2, 0) is 5.41 Å². The molecule has 1 aliphatic rings. The first-order valence-corrected chi connectivity index (χ1v) is 9.91. The fraction of sp³-hybridized carbons (Fsp3) is 0.360. The Balaban J connectivity index is 2.12. The van der Waals surface area contributed by atoms with Crippen LogP contribution in [0.1, 0.15) is 52.5 Å². The van der Waals surface area contributed by atoms with Gasteiger partial charge in [-0.3, -0.25) is 0 Å². The van der Waals surface area contributed by atoms with E-state index in [1.807, 2.05) is 0 Å². The molecule has 0 unspecified atom stereocenters. The Bertz CT molecular complexity index is 852. The van der Waals surface area contributed by atoms with Gasteiger partial charge in [-0.2, -0.15) is 0 Å². The zero-order chi connectivity index (χ0) is 18.6. The summed E-state index contributed by atoms with van der Waals surface area (Å²) >= 11 is 0. The van der Waals surface area contributed by atoms with Crippen LogP contribution in [0.5, 0.6) is 0 Å². The average Bonchev–Trinajstić information content (AvgIpc) is 2.86. The maximum Gasteiger partial charge on any atom is 0.0457 e. The molecule has 1 nitrogen and oxygen atoms in total. The average molecular weight is 346 g/mol. The van der Waals surface area contributed by atoms with Crippen molar-refractivity contribution < 1.29 is 0 Å². The molecule has 2 aromatic rings. The summed E-state index contributed by atoms with van der Waals surface area (Å²) in [6.07, 6.45) is 14.5. The molecule has 2 aromatic carbocycles. The SMILES string of the molecule is C/C=C/C=C/C=C1\N(CCCCC)c2ccc3ccccc3c2C1(C)C. The normalized spacial score (nSPS) is 17.8. The molecule has 0 aromatic heterocycles. The highest BCUT2D eigenvalue weighted by Gasteiger charge is 2.40. The molecule has 3 rings (SSSR count). The summed E-state index contributed by atoms with van der Waals surface area (Å²) in [4.78, 5) is 2.55. The number of hydrogen-bond acceptors (Lipinski definition) is 1. The van der Waals surface area contributed by atoms with Crippen LogP contribution < -0.4 is 4.90 Å². The van der Waals surface area contributed by atoms with Gasteiger partial charge in [-0.1, -0.05) is 88.2 Å². The quantitative estimate of drug-likeness (QED) is 0.397. The molecular weight excluding hydrogens is 314 g/mol. The molecule has 0 aliphatic carbocycles. The third-order valence-electron chi connectivity index (χ3n) is 5.41. The van der Waals surface area contributed by atoms with Gasteiger partial charge in [-0.25, -0.2) is 0 Å². The van der Waals surface area contributed by atoms with Crippen LogP contribution in [0.25, 0.3) is 10.8 Å². The summed E-state index contributed by atoms with van der Waals surface area (Å²) in [6, 6.07) is 13.4. The summed E-state index contributed by atoms with van der Waals surface area (Å²) in [5.41, 5.74) is 4.26. The molecule has 1 heterocycles. The molecule has 0 amide bonds. The summed E-state index contributed by atoms with van der Waals surface area (Å²) in [5, 5.41) is 2.72. The van der Waals surface area contributed by atoms with Gasteiger partial charge < -0.3 is 4.90 Å². The van der Waals surface area contributed by atoms with E-state index in [-0.39, 0.29) is 5.41 Å². The Morgan fingerprint density at radius 3 is 2.54 bits per heavy atom. The maximum atomic E-state index is 2.55. The largest absolute Gasteiger partial charge is 0.344 e. The number of hydrogen-bond donors (Lipinski definition) is 0. The molecule has 1 heteroatoms. The van der Waals surface area contributed by atoms with Crippen LogP contribution in [0.4, 0.5) is 5.69 Å². The Hall–Kier alpha value is -2.28. The predicted molar refractivity (Wildman–Crippen MR) is 116 cm³/mol. The third-order valence-corrected chi connectivity index (χ3v) is 5.41. The van der Waals surface area contributed by atoms with Crippen LogP contribution >= 0.6 is 0 Å². The van der Waals surface area contributed by atoms with Gasteiger partial charge in [0.1, 0.15) is 0 Å². The van der Waals surface area contributed by atoms with Crippen molar-refractivity contribution in [3.63, 3.8) is 0 Å². The van der Waals surface area contributed by atoms with Gasteiger partial charge in [0.2, 0.25) is 0 Å². The van der Waals surface area contributed by atoms with E-state index in [0.29, 0.717) is 0 Å². The lowest BCUT2D eigenvalue weighted by molar-refractivity contribution is 0.622. The van der Waals surface area contributed by atoms with Crippen molar-refractivity contribution in [1.29, 1.82) is 0 Å². The highest BCUT2D eigenvalue weighted by atomic mass is 15.2. The molecule has 0 spiro atoms. The first kappa shape index (κ1) is 18.5. The zero-order valence-electron chi connectivity index (χ0n) is 16.6. The number of benzene rings is 2. The van der Waals surface area contributed by atoms with E-state index in [1.54, 1.807) is 0 Å². The predicted octanol–water partition coefficient (Wildman–Crippen LogP) is 7.14. The van der Waals surface area contributed by atoms with Gasteiger partial charge in [-0.05, 0) is 41.8 Å². The number of rotatable bonds is 6. The standard InChI is InChI=1S/C25H31N/c1-5-7-9-10-16-23-25(3,4)24-21-15-12-11-14-20(21)17-18-22(24)26(23)19-13-8-6-2/h5,7,9-12,14-18H,6,8,13,19H2,1-4H3/b7-5+,10-9+,23-16-. The summed E-state index contributed by atoms with van der Waals surface area (Å²) < 4.78 is 0. The van der Waals surface area contributed by atoms with Gasteiger partial charge in [-0.15, -0.1) is 0 Å². The van der Waals surface area contributed by atoms with E-state index < -0.39 is 0 Å². The minimum absolute atomic E-state index is 0.00266. The van der Waals surface area contributed by atoms with Crippen molar-refractivity contribution in [1.82, 2.24) is 0 Å². The number of anilines is 1. The van der Waals surface area contributed by atoms with E-state index >= 15 is 0 Å². The fourth-order valence-electron chi connectivity index (χ4n) is 4.12. The van der Waals surface area contributed by atoms with Crippen LogP contribution in [0.2, 0.25) is 0 Å². The monoisotopic (exact) mass is 345 g/mol. The lowest BCUT2D eigenvalue weighted by Gasteiger charge is -2.27. The highest BCUT2D eigenvalue weighted by Crippen LogP contribution is 2.50. The molecule has 0 saturated heterocycles. The zero-order valence-corrected chi connectivity index (χ0v) is 16.6. The van der Waals surface area contributed by atoms with Crippen molar-refractivity contribution in [3.8, 4) is 0 Å². The minimum Gasteiger partial charge on any atom is -0.344 e. The number of unbranched alkanes of at least 4 members (excludes halogenated alkanes) is 2. The van der Waals surface area contributed by atoms with E-state index in [2.05, 4.69) is 99.4 Å². The van der Waals surface area contributed by atoms with Crippen molar-refractivity contribution in [2.24, 2.45) is 0 Å². The van der Waals surface area contributed by atoms with E-state index in [0.717, 1.165) is 6.54 Å². The molecule has 0 saturated carbocycles. The first-order chi connectivity index (χ1) is 12.6. The summed E-state index contributed by atoms with van der Waals surface area (Å²) in [6.45, 7) is 10.1. The molecule has 136 valence electrons. The van der Waals surface area contributed by atoms with Crippen LogP contribution in [-0.4, -0.2) is 6.54 Å². The fourth-order valence-corrected chi connectivity index (χ4v) is 4.12. The second kappa shape index (κ2) is 7.95. The third kappa shape index (κ3) is 3.35. The molecule has 0 atom stereocenters. The molecule has 0 N–H and O–H groups in total. The van der Waals surface area contributed by atoms with Gasteiger partial charge in [0.05, 0.1) is 0 Å². The second-order valence-electron chi connectivity index (χ2n) is 7.63. The van der Waals surface area contributed by atoms with Crippen LogP contribution in [0, 0.1) is 0 Å². The Labute approximate surface area is 158 Å². The van der Waals surface area contributed by atoms with Crippen LogP contribution in [0.15, 0.2) is 72.5 Å². The first-order valence-electron chi connectivity index (χ1n) is 9.91. The van der Waals surface area contributed by atoms with Crippen molar-refractivity contribution in [2.75, 3.05) is 11.4 Å². The van der Waals surface area contributed by atoms with E-state index in [1.165, 1.54) is 47.0 Å². The summed E-state index contributed by atoms with van der Waals surface area (Å²) in [7, 11) is 0. The van der Waals surface area contributed by atoms with Crippen molar-refractivity contribution in [3.05, 3.63) is 78.0 Å². The van der Waals surface area contributed by atoms with E-state index in [4.69, 9.17) is 0 Å². The molecular formula is C25H31N. The van der Waals surface area contributed by atoms with Crippen molar-refractivity contribution >= 4 is 16.5 Å². The molecule has 0 radical (unpaired) electrons. The minimum atomic E-state index is 0.00266. The highest BCUT2D eigenvalue weighted by molar-refractivity contribution is 5.94. The Morgan fingerprint density at radius 2 is 1.77 bits per heavy atom. The molecule has 0 fully saturated rings. The number of fused-ring (bicyclic) bond motifs is 3. The maximum absolute atomic E-state index is 2.55. The molecule has 26 heavy (non-hydrogen) atoms. The molecule has 1 aliphatic heterocycles. The van der Waals surface area contributed by atoms with Gasteiger partial charge >= 0.3 is 0 Å². The van der Waals surface area contributed by atoms with Gasteiger partial charge in [0.25, 0.3) is 0 Å².